The van der Waals surface area contributed by atoms with Crippen LogP contribution >= 0.6 is 0 Å². The van der Waals surface area contributed by atoms with Crippen LogP contribution in [0.2, 0.25) is 0 Å². The summed E-state index contributed by atoms with van der Waals surface area (Å²) < 4.78 is 8.29. The lowest BCUT2D eigenvalue weighted by Crippen LogP contribution is -2.35. The van der Waals surface area contributed by atoms with Gasteiger partial charge in [0.25, 0.3) is 0 Å². The molecular formula is C4H8O4. The van der Waals surface area contributed by atoms with E-state index in [2.05, 4.69) is 9.47 Å². The Kier molecular flexibility index (Phi) is 2.93. The molecule has 0 atom stereocenters. The molecule has 0 saturated carbocycles. The minimum absolute atomic E-state index is 0.931. The lowest BCUT2D eigenvalue weighted by molar-refractivity contribution is -0.386. The quantitative estimate of drug-likeness (QED) is 0.484. The Morgan fingerprint density at radius 2 is 1.75 bits per heavy atom. The highest BCUT2D eigenvalue weighted by Gasteiger charge is 2.27. The first-order chi connectivity index (χ1) is 3.68. The summed E-state index contributed by atoms with van der Waals surface area (Å²) in [5.41, 5.74) is 0. The van der Waals surface area contributed by atoms with E-state index in [-0.39, 0.29) is 0 Å². The lowest BCUT2D eigenvalue weighted by Gasteiger charge is -2.16. The average Bonchev–Trinajstić information content (AvgIpc) is 1.87. The fraction of sp³-hybridized carbons (Fsp3) is 1.00. The Hall–Kier alpha value is -0.160. The van der Waals surface area contributed by atoms with E-state index in [9.17, 15) is 10.2 Å². The van der Waals surface area contributed by atoms with Gasteiger partial charge >= 0.3 is 5.97 Å². The van der Waals surface area contributed by atoms with E-state index in [1.807, 2.05) is 0 Å². The minimum atomic E-state index is -2.18. The normalized spacial score (nSPS) is 12.0. The minimum Gasteiger partial charge on any atom is -0.327 e. The molecule has 0 spiro atoms. The highest BCUT2D eigenvalue weighted by Crippen LogP contribution is 2.04. The van der Waals surface area contributed by atoms with Gasteiger partial charge in [-0.25, -0.2) is 5.11 Å². The zero-order chi connectivity index (χ0) is 6.62. The van der Waals surface area contributed by atoms with Gasteiger partial charge in [-0.3, -0.25) is 0 Å². The number of hydrogen-bond acceptors (Lipinski definition) is 2. The van der Waals surface area contributed by atoms with Gasteiger partial charge in [-0.15, -0.1) is 0 Å². The van der Waals surface area contributed by atoms with Crippen LogP contribution in [0.15, 0.2) is 0 Å². The largest absolute Gasteiger partial charge is 0.339 e. The second-order valence-corrected chi connectivity index (χ2v) is 1.24. The van der Waals surface area contributed by atoms with Crippen molar-refractivity contribution in [2.45, 2.75) is 5.97 Å². The highest BCUT2D eigenvalue weighted by molar-refractivity contribution is 4.44. The first-order valence-electron chi connectivity index (χ1n) is 2.07. The first kappa shape index (κ1) is 7.84. The van der Waals surface area contributed by atoms with Crippen molar-refractivity contribution < 1.29 is 19.7 Å². The van der Waals surface area contributed by atoms with Crippen molar-refractivity contribution in [1.29, 1.82) is 0 Å². The number of ether oxygens (including phenoxy) is 2. The van der Waals surface area contributed by atoms with E-state index >= 15 is 0 Å². The Labute approximate surface area is 47.6 Å². The summed E-state index contributed by atoms with van der Waals surface area (Å²) in [5, 5.41) is 20.3. The third-order valence-corrected chi connectivity index (χ3v) is 0.799. The second kappa shape index (κ2) is 2.99. The van der Waals surface area contributed by atoms with Crippen molar-refractivity contribution in [3.63, 3.8) is 0 Å². The number of hydrogen-bond donors (Lipinski definition) is 0. The smallest absolute Gasteiger partial charge is 0.327 e. The van der Waals surface area contributed by atoms with Crippen molar-refractivity contribution in [2.75, 3.05) is 20.8 Å². The molecule has 0 bridgehead atoms. The average molecular weight is 120 g/mol. The van der Waals surface area contributed by atoms with Crippen molar-refractivity contribution in [1.82, 2.24) is 0 Å². The molecule has 0 aliphatic carbocycles. The Bertz CT molecular complexity index is 50.8. The summed E-state index contributed by atoms with van der Waals surface area (Å²) >= 11 is 0. The molecule has 0 heterocycles. The molecular weight excluding hydrogens is 112 g/mol. The van der Waals surface area contributed by atoms with Crippen LogP contribution in [-0.2, 0) is 19.7 Å². The van der Waals surface area contributed by atoms with Crippen LogP contribution < -0.4 is 0 Å². The fourth-order valence-electron chi connectivity index (χ4n) is 0.201. The molecule has 0 aliphatic heterocycles. The van der Waals surface area contributed by atoms with Gasteiger partial charge < -0.3 is 9.47 Å². The van der Waals surface area contributed by atoms with Crippen LogP contribution in [0.3, 0.4) is 0 Å². The maximum absolute atomic E-state index is 10.5. The third kappa shape index (κ3) is 1.75. The number of methoxy groups -OCH3 is 2. The van der Waals surface area contributed by atoms with Gasteiger partial charge in [-0.05, 0) is 0 Å². The zero-order valence-electron chi connectivity index (χ0n) is 4.84. The summed E-state index contributed by atoms with van der Waals surface area (Å²) in [6, 6.07) is 0. The van der Waals surface area contributed by atoms with Gasteiger partial charge in [0.05, 0.1) is 0 Å². The monoisotopic (exact) mass is 120 g/mol. The van der Waals surface area contributed by atoms with Gasteiger partial charge in [0.2, 0.25) is 0 Å². The molecule has 0 N–H and O–H groups in total. The van der Waals surface area contributed by atoms with Crippen molar-refractivity contribution in [2.24, 2.45) is 0 Å². The molecule has 0 unspecified atom stereocenters. The Morgan fingerprint density at radius 3 is 1.75 bits per heavy atom. The zero-order valence-corrected chi connectivity index (χ0v) is 4.84. The lowest BCUT2D eigenvalue weighted by atomic mass is 10.6. The molecule has 0 aliphatic rings. The Balaban J connectivity index is 3.58. The molecule has 0 aromatic rings. The van der Waals surface area contributed by atoms with Crippen LogP contribution in [0.25, 0.3) is 0 Å². The first-order valence-corrected chi connectivity index (χ1v) is 2.07. The molecule has 0 fully saturated rings. The van der Waals surface area contributed by atoms with Gasteiger partial charge in [0.15, 0.2) is 6.61 Å². The molecule has 0 rings (SSSR count). The molecule has 0 aromatic carbocycles. The molecule has 0 saturated heterocycles. The summed E-state index contributed by atoms with van der Waals surface area (Å²) in [4.78, 5) is 0. The van der Waals surface area contributed by atoms with E-state index in [0.717, 1.165) is 14.2 Å². The van der Waals surface area contributed by atoms with Crippen LogP contribution in [0.4, 0.5) is 0 Å². The van der Waals surface area contributed by atoms with Crippen LogP contribution in [0.1, 0.15) is 0 Å². The molecule has 4 nitrogen and oxygen atoms in total. The molecule has 0 amide bonds. The van der Waals surface area contributed by atoms with Crippen LogP contribution in [0, 0.1) is 0 Å². The van der Waals surface area contributed by atoms with Gasteiger partial charge in [0, 0.05) is 14.2 Å². The predicted molar refractivity (Wildman–Crippen MR) is 23.0 cm³/mol. The summed E-state index contributed by atoms with van der Waals surface area (Å²) in [5.74, 6) is -2.18. The van der Waals surface area contributed by atoms with Gasteiger partial charge in [0.1, 0.15) is 0 Å². The Morgan fingerprint density at radius 1 is 1.38 bits per heavy atom. The van der Waals surface area contributed by atoms with E-state index < -0.39 is 12.6 Å². The maximum Gasteiger partial charge on any atom is 0.339 e. The fourth-order valence-corrected chi connectivity index (χ4v) is 0.201. The van der Waals surface area contributed by atoms with Crippen LogP contribution in [-0.4, -0.2) is 26.8 Å². The second-order valence-electron chi connectivity index (χ2n) is 1.24. The van der Waals surface area contributed by atoms with Gasteiger partial charge in [-0.2, -0.15) is 5.11 Å². The molecule has 8 heavy (non-hydrogen) atoms. The van der Waals surface area contributed by atoms with Crippen molar-refractivity contribution in [3.05, 3.63) is 0 Å². The van der Waals surface area contributed by atoms with E-state index in [1.54, 1.807) is 0 Å². The van der Waals surface area contributed by atoms with E-state index in [0.29, 0.717) is 0 Å². The summed E-state index contributed by atoms with van der Waals surface area (Å²) in [6.07, 6.45) is 0. The van der Waals surface area contributed by atoms with Crippen molar-refractivity contribution in [3.8, 4) is 0 Å². The van der Waals surface area contributed by atoms with Crippen LogP contribution in [0.5, 0.6) is 0 Å². The summed E-state index contributed by atoms with van der Waals surface area (Å²) in [6.45, 7) is -0.931. The van der Waals surface area contributed by atoms with E-state index in [1.165, 1.54) is 0 Å². The number of rotatable bonds is 3. The molecule has 4 heteroatoms. The molecule has 48 valence electrons. The maximum atomic E-state index is 10.5. The molecule has 0 aromatic heterocycles. The standard InChI is InChI=1S/C4H8O4/c1-7-4(6,3-5)8-2/h3H2,1-2H3. The topological polar surface area (TPSA) is 58.3 Å². The molecule has 2 radical (unpaired) electrons. The highest BCUT2D eigenvalue weighted by atomic mass is 16.8. The van der Waals surface area contributed by atoms with E-state index in [4.69, 9.17) is 0 Å². The predicted octanol–water partition coefficient (Wildman–Crippen LogP) is -0.206. The summed E-state index contributed by atoms with van der Waals surface area (Å²) in [7, 11) is 2.27. The van der Waals surface area contributed by atoms with Crippen molar-refractivity contribution >= 4 is 0 Å². The SMILES string of the molecule is COC([O])(C[O])OC. The van der Waals surface area contributed by atoms with Gasteiger partial charge in [-0.1, -0.05) is 0 Å². The third-order valence-electron chi connectivity index (χ3n) is 0.799.